The van der Waals surface area contributed by atoms with Crippen molar-refractivity contribution in [1.29, 1.82) is 0 Å². The summed E-state index contributed by atoms with van der Waals surface area (Å²) in [5.74, 6) is -0.0919. The molecular formula is C14H21BrN2O3. The number of benzene rings is 1. The molecular weight excluding hydrogens is 324 g/mol. The fourth-order valence-corrected chi connectivity index (χ4v) is 2.32. The van der Waals surface area contributed by atoms with Gasteiger partial charge in [-0.15, -0.1) is 0 Å². The Morgan fingerprint density at radius 1 is 1.40 bits per heavy atom. The molecule has 1 aromatic carbocycles. The maximum Gasteiger partial charge on any atom is 0.255 e. The maximum atomic E-state index is 12.7. The molecule has 0 bridgehead atoms. The zero-order chi connectivity index (χ0) is 15.1. The number of rotatable bonds is 7. The highest BCUT2D eigenvalue weighted by atomic mass is 79.9. The van der Waals surface area contributed by atoms with E-state index in [0.29, 0.717) is 31.0 Å². The Kier molecular flexibility index (Phi) is 6.98. The van der Waals surface area contributed by atoms with Crippen LogP contribution in [0.1, 0.15) is 17.3 Å². The summed E-state index contributed by atoms with van der Waals surface area (Å²) in [7, 11) is 3.23. The molecule has 0 fully saturated rings. The van der Waals surface area contributed by atoms with Crippen LogP contribution in [0.2, 0.25) is 0 Å². The topological polar surface area (TPSA) is 64.8 Å². The molecule has 0 aliphatic carbocycles. The van der Waals surface area contributed by atoms with E-state index in [1.165, 1.54) is 0 Å². The van der Waals surface area contributed by atoms with Gasteiger partial charge in [-0.2, -0.15) is 0 Å². The molecule has 0 aliphatic heterocycles. The second-order valence-electron chi connectivity index (χ2n) is 4.53. The molecule has 0 aromatic heterocycles. The molecule has 1 rings (SSSR count). The molecule has 0 radical (unpaired) electrons. The van der Waals surface area contributed by atoms with E-state index >= 15 is 0 Å². The van der Waals surface area contributed by atoms with Crippen molar-refractivity contribution in [1.82, 2.24) is 4.90 Å². The third kappa shape index (κ3) is 4.47. The highest BCUT2D eigenvalue weighted by Crippen LogP contribution is 2.22. The van der Waals surface area contributed by atoms with Crippen molar-refractivity contribution >= 4 is 27.5 Å². The van der Waals surface area contributed by atoms with Crippen LogP contribution in [0.3, 0.4) is 0 Å². The van der Waals surface area contributed by atoms with Crippen LogP contribution < -0.4 is 5.73 Å². The number of nitrogens with zero attached hydrogens (tertiary/aromatic N) is 1. The lowest BCUT2D eigenvalue weighted by molar-refractivity contribution is 0.0479. The molecule has 0 heterocycles. The van der Waals surface area contributed by atoms with Gasteiger partial charge in [-0.3, -0.25) is 4.79 Å². The van der Waals surface area contributed by atoms with Crippen molar-refractivity contribution in [2.24, 2.45) is 0 Å². The molecule has 2 N–H and O–H groups in total. The number of amides is 1. The van der Waals surface area contributed by atoms with E-state index in [1.54, 1.807) is 37.3 Å². The number of carbonyl (C=O) groups is 1. The minimum Gasteiger partial charge on any atom is -0.399 e. The lowest BCUT2D eigenvalue weighted by atomic mass is 10.1. The van der Waals surface area contributed by atoms with E-state index in [1.807, 2.05) is 6.92 Å². The van der Waals surface area contributed by atoms with Gasteiger partial charge in [-0.05, 0) is 41.1 Å². The number of hydrogen-bond donors (Lipinski definition) is 1. The average Bonchev–Trinajstić information content (AvgIpc) is 2.42. The predicted octanol–water partition coefficient (Wildman–Crippen LogP) is 2.15. The molecule has 5 nitrogen and oxygen atoms in total. The zero-order valence-electron chi connectivity index (χ0n) is 12.1. The number of nitrogen functional groups attached to an aromatic ring is 1. The first-order valence-electron chi connectivity index (χ1n) is 6.35. The van der Waals surface area contributed by atoms with Gasteiger partial charge in [0, 0.05) is 30.9 Å². The van der Waals surface area contributed by atoms with Gasteiger partial charge in [-0.25, -0.2) is 0 Å². The monoisotopic (exact) mass is 344 g/mol. The van der Waals surface area contributed by atoms with Crippen LogP contribution in [-0.4, -0.2) is 50.8 Å². The Bertz CT molecular complexity index is 454. The van der Waals surface area contributed by atoms with Gasteiger partial charge in [0.1, 0.15) is 0 Å². The van der Waals surface area contributed by atoms with E-state index in [2.05, 4.69) is 15.9 Å². The molecule has 6 heteroatoms. The summed E-state index contributed by atoms with van der Waals surface area (Å²) in [6, 6.07) is 5.15. The summed E-state index contributed by atoms with van der Waals surface area (Å²) in [5.41, 5.74) is 6.86. The Morgan fingerprint density at radius 2 is 2.10 bits per heavy atom. The largest absolute Gasteiger partial charge is 0.399 e. The summed E-state index contributed by atoms with van der Waals surface area (Å²) in [4.78, 5) is 14.4. The van der Waals surface area contributed by atoms with Crippen LogP contribution in [0, 0.1) is 0 Å². The van der Waals surface area contributed by atoms with Gasteiger partial charge in [0.05, 0.1) is 24.8 Å². The summed E-state index contributed by atoms with van der Waals surface area (Å²) in [6.45, 7) is 3.38. The predicted molar refractivity (Wildman–Crippen MR) is 82.8 cm³/mol. The van der Waals surface area contributed by atoms with Crippen LogP contribution in [0.5, 0.6) is 0 Å². The van der Waals surface area contributed by atoms with Gasteiger partial charge in [0.15, 0.2) is 0 Å². The number of ether oxygens (including phenoxy) is 2. The molecule has 20 heavy (non-hydrogen) atoms. The van der Waals surface area contributed by atoms with Crippen LogP contribution in [-0.2, 0) is 9.47 Å². The van der Waals surface area contributed by atoms with Crippen LogP contribution in [0.15, 0.2) is 22.7 Å². The van der Waals surface area contributed by atoms with E-state index in [0.717, 1.165) is 4.47 Å². The maximum absolute atomic E-state index is 12.7. The Balaban J connectivity index is 2.99. The fraction of sp³-hybridized carbons (Fsp3) is 0.500. The number of halogens is 1. The van der Waals surface area contributed by atoms with Crippen molar-refractivity contribution in [3.63, 3.8) is 0 Å². The molecule has 1 amide bonds. The molecule has 0 aliphatic rings. The Labute approximate surface area is 128 Å². The van der Waals surface area contributed by atoms with Gasteiger partial charge < -0.3 is 20.1 Å². The Morgan fingerprint density at radius 3 is 2.70 bits per heavy atom. The van der Waals surface area contributed by atoms with Gasteiger partial charge >= 0.3 is 0 Å². The summed E-state index contributed by atoms with van der Waals surface area (Å²) >= 11 is 3.39. The molecule has 0 saturated heterocycles. The second-order valence-corrected chi connectivity index (χ2v) is 5.39. The van der Waals surface area contributed by atoms with Crippen LogP contribution in [0.25, 0.3) is 0 Å². The highest BCUT2D eigenvalue weighted by molar-refractivity contribution is 9.10. The number of nitrogens with two attached hydrogens (primary N) is 1. The normalized spacial score (nSPS) is 12.2. The molecule has 1 unspecified atom stereocenters. The molecule has 0 spiro atoms. The first-order valence-corrected chi connectivity index (χ1v) is 7.14. The standard InChI is InChI=1S/C14H21BrN2O3/c1-10(9-20-3)17(6-7-19-2)14(18)12-8-11(16)4-5-13(12)15/h4-5,8,10H,6-7,9,16H2,1-3H3. The second kappa shape index (κ2) is 8.24. The molecule has 1 atom stereocenters. The lowest BCUT2D eigenvalue weighted by Crippen LogP contribution is -2.43. The van der Waals surface area contributed by atoms with Gasteiger partial charge in [0.2, 0.25) is 0 Å². The van der Waals surface area contributed by atoms with Crippen molar-refractivity contribution < 1.29 is 14.3 Å². The first kappa shape index (κ1) is 16.9. The minimum atomic E-state index is -0.0919. The van der Waals surface area contributed by atoms with Crippen LogP contribution in [0.4, 0.5) is 5.69 Å². The van der Waals surface area contributed by atoms with Crippen molar-refractivity contribution in [2.45, 2.75) is 13.0 Å². The zero-order valence-corrected chi connectivity index (χ0v) is 13.6. The van der Waals surface area contributed by atoms with Crippen molar-refractivity contribution in [3.8, 4) is 0 Å². The van der Waals surface area contributed by atoms with E-state index < -0.39 is 0 Å². The summed E-state index contributed by atoms with van der Waals surface area (Å²) < 4.78 is 10.9. The number of carbonyl (C=O) groups excluding carboxylic acids is 1. The highest BCUT2D eigenvalue weighted by Gasteiger charge is 2.23. The summed E-state index contributed by atoms with van der Waals surface area (Å²) in [6.07, 6.45) is 0. The third-order valence-corrected chi connectivity index (χ3v) is 3.65. The number of methoxy groups -OCH3 is 2. The number of anilines is 1. The SMILES string of the molecule is COCCN(C(=O)c1cc(N)ccc1Br)C(C)COC. The van der Waals surface area contributed by atoms with Crippen molar-refractivity contribution in [3.05, 3.63) is 28.2 Å². The average molecular weight is 345 g/mol. The Hall–Kier alpha value is -1.11. The smallest absolute Gasteiger partial charge is 0.255 e. The van der Waals surface area contributed by atoms with Crippen LogP contribution >= 0.6 is 15.9 Å². The van der Waals surface area contributed by atoms with E-state index in [-0.39, 0.29) is 11.9 Å². The third-order valence-electron chi connectivity index (χ3n) is 2.96. The molecule has 0 saturated carbocycles. The lowest BCUT2D eigenvalue weighted by Gasteiger charge is -2.29. The van der Waals surface area contributed by atoms with E-state index in [4.69, 9.17) is 15.2 Å². The summed E-state index contributed by atoms with van der Waals surface area (Å²) in [5, 5.41) is 0. The van der Waals surface area contributed by atoms with E-state index in [9.17, 15) is 4.79 Å². The number of hydrogen-bond acceptors (Lipinski definition) is 4. The fourth-order valence-electron chi connectivity index (χ4n) is 1.90. The van der Waals surface area contributed by atoms with Gasteiger partial charge in [-0.1, -0.05) is 0 Å². The molecule has 112 valence electrons. The minimum absolute atomic E-state index is 0.0454. The van der Waals surface area contributed by atoms with Crippen molar-refractivity contribution in [2.75, 3.05) is 39.7 Å². The first-order chi connectivity index (χ1) is 9.51. The quantitative estimate of drug-likeness (QED) is 0.769. The van der Waals surface area contributed by atoms with Gasteiger partial charge in [0.25, 0.3) is 5.91 Å². The molecule has 1 aromatic rings.